The van der Waals surface area contributed by atoms with Crippen molar-refractivity contribution in [2.75, 3.05) is 0 Å². The van der Waals surface area contributed by atoms with Crippen LogP contribution in [0.1, 0.15) is 0 Å². The maximum absolute atomic E-state index is 13.9. The van der Waals surface area contributed by atoms with Crippen LogP contribution in [0.4, 0.5) is 8.78 Å². The number of nitrogens with one attached hydrogen (secondary N) is 2. The topological polar surface area (TPSA) is 24.1 Å². The molecule has 0 saturated carbocycles. The molecule has 0 radical (unpaired) electrons. The van der Waals surface area contributed by atoms with Crippen LogP contribution in [0.2, 0.25) is 0 Å². The van der Waals surface area contributed by atoms with Crippen molar-refractivity contribution < 1.29 is 8.78 Å². The molecule has 0 aromatic heterocycles. The quantitative estimate of drug-likeness (QED) is 0.553. The fraction of sp³-hybridized carbons (Fsp3) is 0.167. The van der Waals surface area contributed by atoms with Gasteiger partial charge in [0, 0.05) is 0 Å². The summed E-state index contributed by atoms with van der Waals surface area (Å²) in [5.41, 5.74) is 0. The number of hydrogen-bond donors (Lipinski definition) is 2. The summed E-state index contributed by atoms with van der Waals surface area (Å²) < 4.78 is 27.9. The van der Waals surface area contributed by atoms with Crippen molar-refractivity contribution in [1.82, 2.24) is 10.6 Å². The van der Waals surface area contributed by atoms with Crippen molar-refractivity contribution in [3.8, 4) is 0 Å². The van der Waals surface area contributed by atoms with Crippen molar-refractivity contribution in [2.24, 2.45) is 0 Å². The Bertz CT molecular complexity index is 371. The van der Waals surface area contributed by atoms with Gasteiger partial charge in [-0.25, -0.2) is 8.78 Å². The largest absolute Gasteiger partial charge is 0.353 e. The van der Waals surface area contributed by atoms with E-state index in [0.717, 1.165) is 12.2 Å². The summed E-state index contributed by atoms with van der Waals surface area (Å²) in [6.07, 6.45) is 14.3. The number of alkyl halides is 2. The number of halogens is 2. The molecular formula is C12H12F2N2. The van der Waals surface area contributed by atoms with Gasteiger partial charge >= 0.3 is 0 Å². The van der Waals surface area contributed by atoms with Crippen LogP contribution in [0.3, 0.4) is 0 Å². The Balaban J connectivity index is 2.09. The van der Waals surface area contributed by atoms with E-state index < -0.39 is 11.6 Å². The molecule has 0 saturated heterocycles. The lowest BCUT2D eigenvalue weighted by molar-refractivity contribution is 0.241. The molecule has 0 aliphatic carbocycles. The molecule has 2 aliphatic heterocycles. The van der Waals surface area contributed by atoms with Crippen LogP contribution in [-0.4, -0.2) is 11.6 Å². The van der Waals surface area contributed by atoms with Gasteiger partial charge in [0.2, 0.25) is 11.6 Å². The highest BCUT2D eigenvalue weighted by atomic mass is 19.2. The Hall–Kier alpha value is -1.84. The summed E-state index contributed by atoms with van der Waals surface area (Å²) in [6.45, 7) is 0. The molecule has 16 heavy (non-hydrogen) atoms. The lowest BCUT2D eigenvalue weighted by Gasteiger charge is -2.24. The van der Waals surface area contributed by atoms with Crippen LogP contribution in [0.5, 0.6) is 0 Å². The summed E-state index contributed by atoms with van der Waals surface area (Å²) in [5, 5.41) is 4.99. The first-order chi connectivity index (χ1) is 7.62. The zero-order valence-corrected chi connectivity index (χ0v) is 8.53. The summed E-state index contributed by atoms with van der Waals surface area (Å²) in [7, 11) is 0. The lowest BCUT2D eigenvalue weighted by Crippen LogP contribution is -2.38. The third kappa shape index (κ3) is 2.39. The first-order valence-corrected chi connectivity index (χ1v) is 4.94. The van der Waals surface area contributed by atoms with E-state index in [1.807, 2.05) is 0 Å². The van der Waals surface area contributed by atoms with E-state index in [-0.39, 0.29) is 0 Å². The number of allylic oxidation sites excluding steroid dienone is 4. The predicted octanol–water partition coefficient (Wildman–Crippen LogP) is 2.22. The smallest absolute Gasteiger partial charge is 0.218 e. The fourth-order valence-electron chi connectivity index (χ4n) is 1.40. The molecular weight excluding hydrogens is 210 g/mol. The molecule has 0 fully saturated rings. The number of hydrogen-bond acceptors (Lipinski definition) is 2. The van der Waals surface area contributed by atoms with Crippen LogP contribution < -0.4 is 10.6 Å². The maximum Gasteiger partial charge on any atom is 0.218 e. The molecule has 2 heterocycles. The summed E-state index contributed by atoms with van der Waals surface area (Å²) >= 11 is 0. The van der Waals surface area contributed by atoms with Crippen LogP contribution in [0.15, 0.2) is 61.0 Å². The van der Waals surface area contributed by atoms with Crippen molar-refractivity contribution in [2.45, 2.75) is 11.6 Å². The van der Waals surface area contributed by atoms with E-state index in [9.17, 15) is 8.78 Å². The van der Waals surface area contributed by atoms with Gasteiger partial charge in [-0.05, 0) is 48.9 Å². The van der Waals surface area contributed by atoms with E-state index >= 15 is 0 Å². The van der Waals surface area contributed by atoms with E-state index in [1.54, 1.807) is 24.3 Å². The first kappa shape index (κ1) is 10.7. The summed E-state index contributed by atoms with van der Waals surface area (Å²) in [4.78, 5) is 0. The van der Waals surface area contributed by atoms with Crippen molar-refractivity contribution in [3.63, 3.8) is 0 Å². The molecule has 2 atom stereocenters. The summed E-state index contributed by atoms with van der Waals surface area (Å²) in [6, 6.07) is 0. The lowest BCUT2D eigenvalue weighted by atomic mass is 10.1. The molecule has 0 spiro atoms. The monoisotopic (exact) mass is 222 g/mol. The van der Waals surface area contributed by atoms with E-state index in [0.29, 0.717) is 0 Å². The molecule has 2 aliphatic rings. The number of dihydropyridines is 2. The van der Waals surface area contributed by atoms with Gasteiger partial charge < -0.3 is 10.6 Å². The third-order valence-electron chi connectivity index (χ3n) is 2.27. The van der Waals surface area contributed by atoms with Crippen LogP contribution in [-0.2, 0) is 0 Å². The minimum absolute atomic E-state index is 1.14. The Kier molecular flexibility index (Phi) is 2.64. The van der Waals surface area contributed by atoms with Crippen LogP contribution in [0, 0.1) is 0 Å². The minimum Gasteiger partial charge on any atom is -0.353 e. The SMILES string of the molecule is FC1(/C=C\C2(F)C=CC=CN2)C=CC=CN1. The number of rotatable bonds is 2. The van der Waals surface area contributed by atoms with Crippen molar-refractivity contribution in [1.29, 1.82) is 0 Å². The Morgan fingerprint density at radius 2 is 1.19 bits per heavy atom. The van der Waals surface area contributed by atoms with E-state index in [2.05, 4.69) is 10.6 Å². The molecule has 2 rings (SSSR count). The normalized spacial score (nSPS) is 36.4. The average molecular weight is 222 g/mol. The van der Waals surface area contributed by atoms with Crippen molar-refractivity contribution >= 4 is 0 Å². The zero-order valence-electron chi connectivity index (χ0n) is 8.53. The molecule has 2 N–H and O–H groups in total. The van der Waals surface area contributed by atoms with E-state index in [1.165, 1.54) is 24.6 Å². The Morgan fingerprint density at radius 1 is 0.750 bits per heavy atom. The molecule has 0 aromatic rings. The molecule has 0 amide bonds. The zero-order chi connectivity index (χ0) is 11.5. The highest BCUT2D eigenvalue weighted by molar-refractivity contribution is 5.28. The molecule has 4 heteroatoms. The highest BCUT2D eigenvalue weighted by Gasteiger charge is 2.27. The van der Waals surface area contributed by atoms with Crippen LogP contribution >= 0.6 is 0 Å². The highest BCUT2D eigenvalue weighted by Crippen LogP contribution is 2.20. The summed E-state index contributed by atoms with van der Waals surface area (Å²) in [5.74, 6) is -3.66. The molecule has 84 valence electrons. The molecule has 2 nitrogen and oxygen atoms in total. The van der Waals surface area contributed by atoms with Gasteiger partial charge in [0.05, 0.1) is 0 Å². The predicted molar refractivity (Wildman–Crippen MR) is 59.6 cm³/mol. The third-order valence-corrected chi connectivity index (χ3v) is 2.27. The fourth-order valence-corrected chi connectivity index (χ4v) is 1.40. The first-order valence-electron chi connectivity index (χ1n) is 4.94. The van der Waals surface area contributed by atoms with Gasteiger partial charge in [-0.15, -0.1) is 0 Å². The Labute approximate surface area is 92.7 Å². The van der Waals surface area contributed by atoms with Crippen LogP contribution in [0.25, 0.3) is 0 Å². The van der Waals surface area contributed by atoms with Gasteiger partial charge in [-0.3, -0.25) is 0 Å². The second-order valence-corrected chi connectivity index (χ2v) is 3.59. The maximum atomic E-state index is 13.9. The van der Waals surface area contributed by atoms with Crippen molar-refractivity contribution in [3.05, 3.63) is 61.0 Å². The standard InChI is InChI=1S/C12H12F2N2/c13-11(5-1-3-9-15-11)7-8-12(14)6-2-4-10-16-12/h1-10,15-16H/b8-7-. The second kappa shape index (κ2) is 3.96. The van der Waals surface area contributed by atoms with Gasteiger partial charge in [0.25, 0.3) is 0 Å². The Morgan fingerprint density at radius 3 is 1.50 bits per heavy atom. The average Bonchev–Trinajstić information content (AvgIpc) is 2.29. The minimum atomic E-state index is -1.83. The van der Waals surface area contributed by atoms with Gasteiger partial charge in [-0.2, -0.15) is 0 Å². The second-order valence-electron chi connectivity index (χ2n) is 3.59. The molecule has 2 unspecified atom stereocenters. The van der Waals surface area contributed by atoms with Gasteiger partial charge in [0.1, 0.15) is 0 Å². The van der Waals surface area contributed by atoms with E-state index in [4.69, 9.17) is 0 Å². The van der Waals surface area contributed by atoms with Gasteiger partial charge in [-0.1, -0.05) is 12.2 Å². The van der Waals surface area contributed by atoms with Gasteiger partial charge in [0.15, 0.2) is 0 Å². The molecule has 0 aromatic carbocycles. The molecule has 0 bridgehead atoms.